The summed E-state index contributed by atoms with van der Waals surface area (Å²) in [6.07, 6.45) is 2.89. The maximum Gasteiger partial charge on any atom is 0.227 e. The molecule has 0 bridgehead atoms. The third-order valence-corrected chi connectivity index (χ3v) is 5.16. The highest BCUT2D eigenvalue weighted by Crippen LogP contribution is 2.24. The lowest BCUT2D eigenvalue weighted by Crippen LogP contribution is -2.39. The van der Waals surface area contributed by atoms with E-state index in [2.05, 4.69) is 17.0 Å². The molecular weight excluding hydrogens is 324 g/mol. The molecule has 1 saturated heterocycles. The van der Waals surface area contributed by atoms with E-state index < -0.39 is 0 Å². The zero-order chi connectivity index (χ0) is 18.4. The number of rotatable bonds is 7. The number of nitrogens with zero attached hydrogens (tertiary/aromatic N) is 2. The van der Waals surface area contributed by atoms with Crippen LogP contribution in [0.5, 0.6) is 5.75 Å². The number of ether oxygens (including phenoxy) is 1. The van der Waals surface area contributed by atoms with E-state index >= 15 is 0 Å². The van der Waals surface area contributed by atoms with Crippen molar-refractivity contribution in [1.82, 2.24) is 9.80 Å². The van der Waals surface area contributed by atoms with Crippen molar-refractivity contribution in [2.24, 2.45) is 0 Å². The van der Waals surface area contributed by atoms with Gasteiger partial charge >= 0.3 is 0 Å². The Morgan fingerprint density at radius 1 is 1.12 bits per heavy atom. The average molecular weight is 352 g/mol. The van der Waals surface area contributed by atoms with Gasteiger partial charge in [0.2, 0.25) is 5.91 Å². The summed E-state index contributed by atoms with van der Waals surface area (Å²) >= 11 is 0. The van der Waals surface area contributed by atoms with Crippen molar-refractivity contribution < 1.29 is 9.53 Å². The summed E-state index contributed by atoms with van der Waals surface area (Å²) in [6, 6.07) is 18.2. The van der Waals surface area contributed by atoms with Crippen LogP contribution in [0.4, 0.5) is 0 Å². The van der Waals surface area contributed by atoms with Crippen molar-refractivity contribution in [2.75, 3.05) is 33.8 Å². The Balaban J connectivity index is 1.74. The third-order valence-electron chi connectivity index (χ3n) is 5.16. The van der Waals surface area contributed by atoms with Gasteiger partial charge in [-0.2, -0.15) is 0 Å². The van der Waals surface area contributed by atoms with Crippen LogP contribution in [-0.2, 0) is 11.2 Å². The quantitative estimate of drug-likeness (QED) is 0.764. The lowest BCUT2D eigenvalue weighted by atomic mass is 10.0. The summed E-state index contributed by atoms with van der Waals surface area (Å²) < 4.78 is 5.27. The van der Waals surface area contributed by atoms with E-state index in [9.17, 15) is 4.79 Å². The molecule has 138 valence electrons. The number of methoxy groups -OCH3 is 1. The number of hydrogen-bond acceptors (Lipinski definition) is 3. The molecule has 4 nitrogen and oxygen atoms in total. The molecule has 1 amide bonds. The van der Waals surface area contributed by atoms with Gasteiger partial charge in [0.1, 0.15) is 5.75 Å². The zero-order valence-electron chi connectivity index (χ0n) is 15.7. The molecule has 1 fully saturated rings. The second-order valence-corrected chi connectivity index (χ2v) is 6.97. The standard InChI is InChI=1S/C22H28N2O2/c1-23(22(25)16-18-9-8-12-20(15-18)26-2)21(17-24-13-6-7-14-24)19-10-4-3-5-11-19/h3-5,8-12,15,21H,6-7,13-14,16-17H2,1-2H3/t21-/m1/s1. The minimum absolute atomic E-state index is 0.0763. The Labute approximate surface area is 156 Å². The SMILES string of the molecule is COc1cccc(CC(=O)N(C)[C@H](CN2CCCC2)c2ccccc2)c1. The second kappa shape index (κ2) is 8.86. The zero-order valence-corrected chi connectivity index (χ0v) is 15.7. The maximum absolute atomic E-state index is 13.0. The van der Waals surface area contributed by atoms with Crippen molar-refractivity contribution in [3.8, 4) is 5.75 Å². The van der Waals surface area contributed by atoms with Crippen LogP contribution in [0.15, 0.2) is 54.6 Å². The Morgan fingerprint density at radius 3 is 2.54 bits per heavy atom. The van der Waals surface area contributed by atoms with Gasteiger partial charge in [0.05, 0.1) is 19.6 Å². The molecule has 0 N–H and O–H groups in total. The van der Waals surface area contributed by atoms with Gasteiger partial charge in [-0.15, -0.1) is 0 Å². The molecule has 1 aliphatic heterocycles. The predicted octanol–water partition coefficient (Wildman–Crippen LogP) is 3.53. The molecule has 0 unspecified atom stereocenters. The smallest absolute Gasteiger partial charge is 0.227 e. The number of likely N-dealkylation sites (tertiary alicyclic amines) is 1. The van der Waals surface area contributed by atoms with Gasteiger partial charge < -0.3 is 14.5 Å². The van der Waals surface area contributed by atoms with Gasteiger partial charge in [-0.05, 0) is 49.2 Å². The minimum Gasteiger partial charge on any atom is -0.497 e. The van der Waals surface area contributed by atoms with Crippen LogP contribution >= 0.6 is 0 Å². The Bertz CT molecular complexity index is 711. The molecule has 26 heavy (non-hydrogen) atoms. The van der Waals surface area contributed by atoms with E-state index in [-0.39, 0.29) is 11.9 Å². The number of hydrogen-bond donors (Lipinski definition) is 0. The molecule has 4 heteroatoms. The molecule has 0 aromatic heterocycles. The lowest BCUT2D eigenvalue weighted by Gasteiger charge is -2.32. The lowest BCUT2D eigenvalue weighted by molar-refractivity contribution is -0.131. The Morgan fingerprint density at radius 2 is 1.85 bits per heavy atom. The first-order chi connectivity index (χ1) is 12.7. The summed E-state index contributed by atoms with van der Waals surface area (Å²) in [4.78, 5) is 17.3. The Kier molecular flexibility index (Phi) is 6.29. The summed E-state index contributed by atoms with van der Waals surface area (Å²) in [6.45, 7) is 3.15. The molecule has 1 aliphatic rings. The molecule has 0 radical (unpaired) electrons. The largest absolute Gasteiger partial charge is 0.497 e. The second-order valence-electron chi connectivity index (χ2n) is 6.97. The van der Waals surface area contributed by atoms with Crippen LogP contribution in [0.25, 0.3) is 0 Å². The highest BCUT2D eigenvalue weighted by Gasteiger charge is 2.25. The molecule has 2 aromatic rings. The number of benzene rings is 2. The summed E-state index contributed by atoms with van der Waals surface area (Å²) in [5, 5.41) is 0. The van der Waals surface area contributed by atoms with E-state index in [1.54, 1.807) is 7.11 Å². The molecule has 0 aliphatic carbocycles. The van der Waals surface area contributed by atoms with Gasteiger partial charge in [-0.1, -0.05) is 42.5 Å². The van der Waals surface area contributed by atoms with E-state index in [4.69, 9.17) is 4.74 Å². The van der Waals surface area contributed by atoms with E-state index in [1.165, 1.54) is 18.4 Å². The predicted molar refractivity (Wildman–Crippen MR) is 104 cm³/mol. The molecule has 3 rings (SSSR count). The molecule has 1 atom stereocenters. The monoisotopic (exact) mass is 352 g/mol. The van der Waals surface area contributed by atoms with Crippen molar-refractivity contribution in [3.63, 3.8) is 0 Å². The summed E-state index contributed by atoms with van der Waals surface area (Å²) in [7, 11) is 3.57. The first-order valence-electron chi connectivity index (χ1n) is 9.33. The van der Waals surface area contributed by atoms with Gasteiger partial charge in [0.25, 0.3) is 0 Å². The van der Waals surface area contributed by atoms with E-state index in [0.717, 1.165) is 30.9 Å². The molecule has 2 aromatic carbocycles. The van der Waals surface area contributed by atoms with E-state index in [1.807, 2.05) is 54.4 Å². The van der Waals surface area contributed by atoms with Gasteiger partial charge in [-0.3, -0.25) is 4.79 Å². The summed E-state index contributed by atoms with van der Waals surface area (Å²) in [5.41, 5.74) is 2.18. The van der Waals surface area contributed by atoms with Crippen molar-refractivity contribution >= 4 is 5.91 Å². The van der Waals surface area contributed by atoms with Crippen LogP contribution in [0, 0.1) is 0 Å². The Hall–Kier alpha value is -2.33. The van der Waals surface area contributed by atoms with Crippen molar-refractivity contribution in [2.45, 2.75) is 25.3 Å². The molecular formula is C22H28N2O2. The number of carbonyl (C=O) groups excluding carboxylic acids is 1. The van der Waals surface area contributed by atoms with Gasteiger partial charge in [-0.25, -0.2) is 0 Å². The molecule has 0 saturated carbocycles. The van der Waals surface area contributed by atoms with Crippen LogP contribution < -0.4 is 4.74 Å². The highest BCUT2D eigenvalue weighted by molar-refractivity contribution is 5.79. The van der Waals surface area contributed by atoms with Crippen LogP contribution in [0.3, 0.4) is 0 Å². The van der Waals surface area contributed by atoms with Crippen LogP contribution in [-0.4, -0.2) is 49.5 Å². The first kappa shape index (κ1) is 18.5. The van der Waals surface area contributed by atoms with Gasteiger partial charge in [0, 0.05) is 13.6 Å². The number of amides is 1. The van der Waals surface area contributed by atoms with Crippen molar-refractivity contribution in [3.05, 3.63) is 65.7 Å². The number of likely N-dealkylation sites (N-methyl/N-ethyl adjacent to an activating group) is 1. The topological polar surface area (TPSA) is 32.8 Å². The van der Waals surface area contributed by atoms with Crippen LogP contribution in [0.2, 0.25) is 0 Å². The number of carbonyl (C=O) groups is 1. The molecule has 1 heterocycles. The first-order valence-corrected chi connectivity index (χ1v) is 9.33. The maximum atomic E-state index is 13.0. The van der Waals surface area contributed by atoms with Crippen molar-refractivity contribution in [1.29, 1.82) is 0 Å². The minimum atomic E-state index is 0.0763. The van der Waals surface area contributed by atoms with Gasteiger partial charge in [0.15, 0.2) is 0 Å². The van der Waals surface area contributed by atoms with Crippen LogP contribution in [0.1, 0.15) is 30.0 Å². The summed E-state index contributed by atoms with van der Waals surface area (Å²) in [5.74, 6) is 0.918. The fourth-order valence-corrected chi connectivity index (χ4v) is 3.59. The highest BCUT2D eigenvalue weighted by atomic mass is 16.5. The fourth-order valence-electron chi connectivity index (χ4n) is 3.59. The third kappa shape index (κ3) is 4.64. The van der Waals surface area contributed by atoms with E-state index in [0.29, 0.717) is 6.42 Å². The molecule has 0 spiro atoms. The fraction of sp³-hybridized carbons (Fsp3) is 0.409. The average Bonchev–Trinajstić information content (AvgIpc) is 3.19. The normalized spacial score (nSPS) is 15.6.